The summed E-state index contributed by atoms with van der Waals surface area (Å²) in [6.45, 7) is 0.388. The Morgan fingerprint density at radius 1 is 0.828 bits per heavy atom. The van der Waals surface area contributed by atoms with Gasteiger partial charge in [0.25, 0.3) is 5.56 Å². The first-order valence-corrected chi connectivity index (χ1v) is 9.58. The van der Waals surface area contributed by atoms with Crippen molar-refractivity contribution >= 4 is 11.6 Å². The molecule has 140 valence electrons. The lowest BCUT2D eigenvalue weighted by molar-refractivity contribution is 0.766. The van der Waals surface area contributed by atoms with Gasteiger partial charge in [0.15, 0.2) is 0 Å². The van der Waals surface area contributed by atoms with Crippen LogP contribution in [0, 0.1) is 11.3 Å². The lowest BCUT2D eigenvalue weighted by atomic mass is 9.98. The van der Waals surface area contributed by atoms with E-state index in [0.717, 1.165) is 22.4 Å². The minimum Gasteiger partial charge on any atom is -0.303 e. The van der Waals surface area contributed by atoms with Gasteiger partial charge in [0.2, 0.25) is 0 Å². The van der Waals surface area contributed by atoms with Crippen LogP contribution < -0.4 is 5.56 Å². The number of halogens is 1. The molecule has 4 rings (SSSR count). The molecular weight excluding hydrogens is 380 g/mol. The number of hydrogen-bond donors (Lipinski definition) is 0. The van der Waals surface area contributed by atoms with Gasteiger partial charge in [-0.15, -0.1) is 0 Å². The van der Waals surface area contributed by atoms with Gasteiger partial charge in [0, 0.05) is 10.6 Å². The Morgan fingerprint density at radius 3 is 2.07 bits per heavy atom. The SMILES string of the molecule is N#Cc1c(-c2ccc(Cl)cc2)cc(-c2ccccc2)n(Cc2ccccc2)c1=O. The maximum atomic E-state index is 13.4. The van der Waals surface area contributed by atoms with Crippen molar-refractivity contribution in [3.63, 3.8) is 0 Å². The number of hydrogen-bond acceptors (Lipinski definition) is 2. The fraction of sp³-hybridized carbons (Fsp3) is 0.0400. The molecule has 3 aromatic carbocycles. The molecule has 0 unspecified atom stereocenters. The van der Waals surface area contributed by atoms with Crippen LogP contribution in [-0.2, 0) is 6.54 Å². The van der Waals surface area contributed by atoms with E-state index in [2.05, 4.69) is 6.07 Å². The minimum atomic E-state index is -0.303. The predicted molar refractivity (Wildman–Crippen MR) is 117 cm³/mol. The van der Waals surface area contributed by atoms with Crippen molar-refractivity contribution in [3.05, 3.63) is 117 Å². The molecule has 0 N–H and O–H groups in total. The van der Waals surface area contributed by atoms with Crippen LogP contribution in [0.2, 0.25) is 5.02 Å². The fourth-order valence-corrected chi connectivity index (χ4v) is 3.51. The molecule has 4 aromatic rings. The third-order valence-corrected chi connectivity index (χ3v) is 5.07. The fourth-order valence-electron chi connectivity index (χ4n) is 3.38. The van der Waals surface area contributed by atoms with Crippen LogP contribution in [0.25, 0.3) is 22.4 Å². The first kappa shape index (κ1) is 18.7. The van der Waals surface area contributed by atoms with E-state index in [0.29, 0.717) is 17.1 Å². The molecule has 0 aliphatic rings. The molecule has 1 heterocycles. The van der Waals surface area contributed by atoms with E-state index in [9.17, 15) is 10.1 Å². The van der Waals surface area contributed by atoms with Crippen LogP contribution in [0.3, 0.4) is 0 Å². The quantitative estimate of drug-likeness (QED) is 0.440. The lowest BCUT2D eigenvalue weighted by Gasteiger charge is -2.17. The summed E-state index contributed by atoms with van der Waals surface area (Å²) >= 11 is 6.02. The van der Waals surface area contributed by atoms with Gasteiger partial charge in [-0.05, 0) is 34.9 Å². The van der Waals surface area contributed by atoms with Gasteiger partial charge in [-0.1, -0.05) is 84.4 Å². The van der Waals surface area contributed by atoms with Crippen molar-refractivity contribution in [1.82, 2.24) is 4.57 Å². The van der Waals surface area contributed by atoms with Gasteiger partial charge in [0.1, 0.15) is 11.6 Å². The summed E-state index contributed by atoms with van der Waals surface area (Å²) < 4.78 is 1.67. The van der Waals surface area contributed by atoms with Crippen LogP contribution in [0.5, 0.6) is 0 Å². The molecule has 0 saturated heterocycles. The van der Waals surface area contributed by atoms with Crippen molar-refractivity contribution in [3.8, 4) is 28.5 Å². The Hall–Kier alpha value is -3.61. The van der Waals surface area contributed by atoms with Gasteiger partial charge in [-0.3, -0.25) is 4.79 Å². The Balaban J connectivity index is 1.98. The van der Waals surface area contributed by atoms with E-state index >= 15 is 0 Å². The van der Waals surface area contributed by atoms with Gasteiger partial charge in [-0.2, -0.15) is 5.26 Å². The monoisotopic (exact) mass is 396 g/mol. The molecule has 0 aliphatic carbocycles. The number of benzene rings is 3. The number of pyridine rings is 1. The molecule has 4 heteroatoms. The number of rotatable bonds is 4. The number of aromatic nitrogens is 1. The molecule has 1 aromatic heterocycles. The first-order chi connectivity index (χ1) is 14.2. The highest BCUT2D eigenvalue weighted by Crippen LogP contribution is 2.29. The normalized spacial score (nSPS) is 10.5. The smallest absolute Gasteiger partial charge is 0.269 e. The molecule has 0 saturated carbocycles. The van der Waals surface area contributed by atoms with Crippen molar-refractivity contribution in [2.24, 2.45) is 0 Å². The average molecular weight is 397 g/mol. The molecule has 0 radical (unpaired) electrons. The zero-order valence-electron chi connectivity index (χ0n) is 15.5. The van der Waals surface area contributed by atoms with Gasteiger partial charge < -0.3 is 4.57 Å². The summed E-state index contributed by atoms with van der Waals surface area (Å²) in [7, 11) is 0. The molecule has 0 bridgehead atoms. The second-order valence-electron chi connectivity index (χ2n) is 6.68. The van der Waals surface area contributed by atoms with Gasteiger partial charge in [0.05, 0.1) is 12.2 Å². The third-order valence-electron chi connectivity index (χ3n) is 4.82. The van der Waals surface area contributed by atoms with E-state index in [1.165, 1.54) is 0 Å². The largest absolute Gasteiger partial charge is 0.303 e. The molecule has 0 aliphatic heterocycles. The minimum absolute atomic E-state index is 0.128. The molecule has 0 spiro atoms. The summed E-state index contributed by atoms with van der Waals surface area (Å²) in [6.07, 6.45) is 0. The maximum absolute atomic E-state index is 13.4. The third kappa shape index (κ3) is 3.85. The van der Waals surface area contributed by atoms with Crippen LogP contribution in [-0.4, -0.2) is 4.57 Å². The van der Waals surface area contributed by atoms with Crippen LogP contribution in [0.1, 0.15) is 11.1 Å². The summed E-state index contributed by atoms with van der Waals surface area (Å²) in [5.74, 6) is 0. The Kier molecular flexibility index (Phi) is 5.29. The van der Waals surface area contributed by atoms with E-state index in [1.54, 1.807) is 16.7 Å². The summed E-state index contributed by atoms with van der Waals surface area (Å²) in [5, 5.41) is 10.4. The zero-order valence-corrected chi connectivity index (χ0v) is 16.3. The lowest BCUT2D eigenvalue weighted by Crippen LogP contribution is -2.25. The van der Waals surface area contributed by atoms with E-state index in [4.69, 9.17) is 11.6 Å². The van der Waals surface area contributed by atoms with Crippen molar-refractivity contribution in [2.75, 3.05) is 0 Å². The highest BCUT2D eigenvalue weighted by atomic mass is 35.5. The number of nitrogens with zero attached hydrogens (tertiary/aromatic N) is 2. The highest BCUT2D eigenvalue weighted by molar-refractivity contribution is 6.30. The van der Waals surface area contributed by atoms with Gasteiger partial charge >= 0.3 is 0 Å². The highest BCUT2D eigenvalue weighted by Gasteiger charge is 2.17. The maximum Gasteiger partial charge on any atom is 0.269 e. The van der Waals surface area contributed by atoms with Crippen LogP contribution in [0.15, 0.2) is 95.8 Å². The topological polar surface area (TPSA) is 45.8 Å². The second kappa shape index (κ2) is 8.18. The molecular formula is C25H17ClN2O. The summed E-state index contributed by atoms with van der Waals surface area (Å²) in [4.78, 5) is 13.4. The Labute approximate surface area is 174 Å². The molecule has 0 fully saturated rings. The van der Waals surface area contributed by atoms with E-state index in [1.807, 2.05) is 78.9 Å². The summed E-state index contributed by atoms with van der Waals surface area (Å²) in [6, 6.07) is 30.7. The molecule has 0 atom stereocenters. The zero-order chi connectivity index (χ0) is 20.2. The Morgan fingerprint density at radius 2 is 1.45 bits per heavy atom. The van der Waals surface area contributed by atoms with E-state index in [-0.39, 0.29) is 11.1 Å². The van der Waals surface area contributed by atoms with Crippen molar-refractivity contribution in [1.29, 1.82) is 5.26 Å². The first-order valence-electron chi connectivity index (χ1n) is 9.20. The molecule has 0 amide bonds. The van der Waals surface area contributed by atoms with Gasteiger partial charge in [-0.25, -0.2) is 0 Å². The summed E-state index contributed by atoms with van der Waals surface area (Å²) in [5.41, 5.74) is 3.90. The van der Waals surface area contributed by atoms with Crippen molar-refractivity contribution in [2.45, 2.75) is 6.54 Å². The predicted octanol–water partition coefficient (Wildman–Crippen LogP) is 5.76. The van der Waals surface area contributed by atoms with Crippen LogP contribution in [0.4, 0.5) is 0 Å². The average Bonchev–Trinajstić information content (AvgIpc) is 2.77. The van der Waals surface area contributed by atoms with Crippen molar-refractivity contribution < 1.29 is 0 Å². The molecule has 3 nitrogen and oxygen atoms in total. The van der Waals surface area contributed by atoms with Crippen LogP contribution >= 0.6 is 11.6 Å². The Bertz CT molecular complexity index is 1240. The number of nitriles is 1. The molecule has 29 heavy (non-hydrogen) atoms. The standard InChI is InChI=1S/C25H17ClN2O/c26-21-13-11-19(12-14-21)22-15-24(20-9-5-2-6-10-20)28(25(29)23(22)16-27)17-18-7-3-1-4-8-18/h1-15H,17H2. The van der Waals surface area contributed by atoms with E-state index < -0.39 is 0 Å². The second-order valence-corrected chi connectivity index (χ2v) is 7.12.